The van der Waals surface area contributed by atoms with Gasteiger partial charge in [0.05, 0.1) is 18.2 Å². The maximum atomic E-state index is 12.5. The molecule has 3 rings (SSSR count). The third kappa shape index (κ3) is 7.50. The SMILES string of the molecule is CC(C)OC(=O)c1ccc(CCCN2C(=O)SCCC2C=CC(O)Cc2ccccc2)s1. The van der Waals surface area contributed by atoms with Gasteiger partial charge in [-0.3, -0.25) is 4.79 Å². The molecule has 0 aliphatic carbocycles. The molecule has 1 aromatic heterocycles. The molecule has 2 heterocycles. The van der Waals surface area contributed by atoms with E-state index in [4.69, 9.17) is 4.74 Å². The number of benzene rings is 1. The van der Waals surface area contributed by atoms with Gasteiger partial charge in [0.25, 0.3) is 5.24 Å². The van der Waals surface area contributed by atoms with Gasteiger partial charge in [-0.1, -0.05) is 54.2 Å². The molecule has 5 nitrogen and oxygen atoms in total. The van der Waals surface area contributed by atoms with Crippen molar-refractivity contribution in [2.45, 2.75) is 57.8 Å². The second-order valence-electron chi connectivity index (χ2n) is 8.13. The highest BCUT2D eigenvalue weighted by atomic mass is 32.2. The number of thiophene rings is 1. The summed E-state index contributed by atoms with van der Waals surface area (Å²) >= 11 is 2.81. The molecule has 1 aliphatic rings. The number of esters is 1. The van der Waals surface area contributed by atoms with E-state index < -0.39 is 6.10 Å². The lowest BCUT2D eigenvalue weighted by Gasteiger charge is -2.33. The molecular formula is C25H31NO4S2. The number of nitrogens with zero attached hydrogens (tertiary/aromatic N) is 1. The van der Waals surface area contributed by atoms with Crippen LogP contribution in [0.3, 0.4) is 0 Å². The summed E-state index contributed by atoms with van der Waals surface area (Å²) in [5, 5.41) is 10.5. The second kappa shape index (κ2) is 12.2. The summed E-state index contributed by atoms with van der Waals surface area (Å²) < 4.78 is 5.25. The fourth-order valence-corrected chi connectivity index (χ4v) is 5.46. The quantitative estimate of drug-likeness (QED) is 0.373. The molecule has 2 aromatic rings. The Bertz CT molecular complexity index is 910. The number of carbonyl (C=O) groups is 2. The molecule has 7 heteroatoms. The smallest absolute Gasteiger partial charge is 0.348 e. The summed E-state index contributed by atoms with van der Waals surface area (Å²) in [6.45, 7) is 4.33. The molecule has 172 valence electrons. The van der Waals surface area contributed by atoms with Crippen LogP contribution in [0.1, 0.15) is 46.8 Å². The zero-order chi connectivity index (χ0) is 22.9. The highest BCUT2D eigenvalue weighted by Gasteiger charge is 2.26. The van der Waals surface area contributed by atoms with Crippen LogP contribution in [-0.2, 0) is 17.6 Å². The molecule has 1 N–H and O–H groups in total. The van der Waals surface area contributed by atoms with Crippen molar-refractivity contribution >= 4 is 34.3 Å². The van der Waals surface area contributed by atoms with Gasteiger partial charge >= 0.3 is 5.97 Å². The lowest BCUT2D eigenvalue weighted by Crippen LogP contribution is -2.41. The Balaban J connectivity index is 1.51. The zero-order valence-electron chi connectivity index (χ0n) is 18.6. The number of rotatable bonds is 10. The standard InChI is InChI=1S/C25H31NO4S2/c1-18(2)30-24(28)23-13-12-22(32-23)9-6-15-26-20(14-16-31-25(26)29)10-11-21(27)17-19-7-4-3-5-8-19/h3-5,7-8,10-13,18,20-21,27H,6,9,14-17H2,1-2H3. The summed E-state index contributed by atoms with van der Waals surface area (Å²) in [5.41, 5.74) is 1.09. The number of ether oxygens (including phenoxy) is 1. The number of hydrogen-bond acceptors (Lipinski definition) is 6. The van der Waals surface area contributed by atoms with E-state index >= 15 is 0 Å². The van der Waals surface area contributed by atoms with Gasteiger partial charge in [0, 0.05) is 23.6 Å². The third-order valence-corrected chi connectivity index (χ3v) is 7.19. The number of hydrogen-bond donors (Lipinski definition) is 1. The lowest BCUT2D eigenvalue weighted by molar-refractivity contribution is 0.0384. The first-order valence-corrected chi connectivity index (χ1v) is 12.9. The number of aryl methyl sites for hydroxylation is 1. The van der Waals surface area contributed by atoms with Gasteiger partial charge in [-0.25, -0.2) is 4.79 Å². The zero-order valence-corrected chi connectivity index (χ0v) is 20.2. The van der Waals surface area contributed by atoms with Crippen molar-refractivity contribution in [1.29, 1.82) is 0 Å². The Morgan fingerprint density at radius 2 is 2.03 bits per heavy atom. The topological polar surface area (TPSA) is 66.8 Å². The van der Waals surface area contributed by atoms with Crippen molar-refractivity contribution in [3.05, 3.63) is 69.9 Å². The van der Waals surface area contributed by atoms with Crippen LogP contribution >= 0.6 is 23.1 Å². The molecular weight excluding hydrogens is 442 g/mol. The van der Waals surface area contributed by atoms with Crippen LogP contribution in [0.5, 0.6) is 0 Å². The molecule has 1 amide bonds. The van der Waals surface area contributed by atoms with E-state index in [2.05, 4.69) is 0 Å². The molecule has 1 fully saturated rings. The van der Waals surface area contributed by atoms with E-state index in [1.165, 1.54) is 23.1 Å². The fraction of sp³-hybridized carbons (Fsp3) is 0.440. The van der Waals surface area contributed by atoms with E-state index in [1.54, 1.807) is 0 Å². The molecule has 2 unspecified atom stereocenters. The maximum Gasteiger partial charge on any atom is 0.348 e. The van der Waals surface area contributed by atoms with Crippen LogP contribution in [-0.4, -0.2) is 51.8 Å². The van der Waals surface area contributed by atoms with Crippen molar-refractivity contribution in [3.8, 4) is 0 Å². The van der Waals surface area contributed by atoms with E-state index in [1.807, 2.05) is 73.4 Å². The Labute approximate surface area is 198 Å². The molecule has 1 aliphatic heterocycles. The minimum absolute atomic E-state index is 0.00842. The van der Waals surface area contributed by atoms with E-state index in [9.17, 15) is 14.7 Å². The first-order chi connectivity index (χ1) is 15.4. The first-order valence-electron chi connectivity index (χ1n) is 11.1. The molecule has 0 spiro atoms. The van der Waals surface area contributed by atoms with Crippen molar-refractivity contribution in [1.82, 2.24) is 4.90 Å². The van der Waals surface area contributed by atoms with Crippen LogP contribution in [0, 0.1) is 0 Å². The molecule has 0 bridgehead atoms. The molecule has 2 atom stereocenters. The van der Waals surface area contributed by atoms with Gasteiger partial charge in [-0.15, -0.1) is 11.3 Å². The summed E-state index contributed by atoms with van der Waals surface area (Å²) in [6.07, 6.45) is 6.17. The third-order valence-electron chi connectivity index (χ3n) is 5.14. The number of carbonyl (C=O) groups excluding carboxylic acids is 2. The van der Waals surface area contributed by atoms with Gasteiger partial charge in [-0.05, 0) is 50.8 Å². The second-order valence-corrected chi connectivity index (χ2v) is 10.3. The van der Waals surface area contributed by atoms with Crippen molar-refractivity contribution in [3.63, 3.8) is 0 Å². The van der Waals surface area contributed by atoms with Crippen LogP contribution in [0.4, 0.5) is 4.79 Å². The number of aliphatic hydroxyl groups is 1. The minimum Gasteiger partial charge on any atom is -0.459 e. The van der Waals surface area contributed by atoms with Crippen LogP contribution in [0.25, 0.3) is 0 Å². The number of thioether (sulfide) groups is 1. The predicted octanol–water partition coefficient (Wildman–Crippen LogP) is 5.33. The van der Waals surface area contributed by atoms with Crippen molar-refractivity contribution in [2.75, 3.05) is 12.3 Å². The highest BCUT2D eigenvalue weighted by molar-refractivity contribution is 8.13. The molecule has 32 heavy (non-hydrogen) atoms. The van der Waals surface area contributed by atoms with Gasteiger partial charge in [0.15, 0.2) is 0 Å². The van der Waals surface area contributed by atoms with Crippen LogP contribution in [0.2, 0.25) is 0 Å². The normalized spacial score (nSPS) is 17.8. The van der Waals surface area contributed by atoms with Crippen LogP contribution < -0.4 is 0 Å². The summed E-state index contributed by atoms with van der Waals surface area (Å²) in [7, 11) is 0. The minimum atomic E-state index is -0.570. The number of aliphatic hydroxyl groups excluding tert-OH is 1. The Morgan fingerprint density at radius 1 is 1.25 bits per heavy atom. The molecule has 1 aromatic carbocycles. The Hall–Kier alpha value is -2.09. The highest BCUT2D eigenvalue weighted by Crippen LogP contribution is 2.25. The van der Waals surface area contributed by atoms with Gasteiger partial charge in [-0.2, -0.15) is 0 Å². The summed E-state index contributed by atoms with van der Waals surface area (Å²) in [6, 6.07) is 13.7. The molecule has 1 saturated heterocycles. The summed E-state index contributed by atoms with van der Waals surface area (Å²) in [4.78, 5) is 28.2. The van der Waals surface area contributed by atoms with E-state index in [0.29, 0.717) is 17.8 Å². The van der Waals surface area contributed by atoms with Gasteiger partial charge in [0.1, 0.15) is 4.88 Å². The average molecular weight is 474 g/mol. The Morgan fingerprint density at radius 3 is 2.78 bits per heavy atom. The van der Waals surface area contributed by atoms with Gasteiger partial charge in [0.2, 0.25) is 0 Å². The van der Waals surface area contributed by atoms with Gasteiger partial charge < -0.3 is 14.7 Å². The fourth-order valence-electron chi connectivity index (χ4n) is 3.60. The van der Waals surface area contributed by atoms with Crippen molar-refractivity contribution in [2.24, 2.45) is 0 Å². The van der Waals surface area contributed by atoms with E-state index in [0.717, 1.165) is 35.5 Å². The average Bonchev–Trinajstić information content (AvgIpc) is 3.23. The lowest BCUT2D eigenvalue weighted by atomic mass is 10.1. The van der Waals surface area contributed by atoms with Crippen LogP contribution in [0.15, 0.2) is 54.6 Å². The maximum absolute atomic E-state index is 12.5. The first kappa shape index (κ1) is 24.6. The summed E-state index contributed by atoms with van der Waals surface area (Å²) in [5.74, 6) is 0.517. The molecule has 0 radical (unpaired) electrons. The number of amides is 1. The largest absolute Gasteiger partial charge is 0.459 e. The monoisotopic (exact) mass is 473 g/mol. The Kier molecular flexibility index (Phi) is 9.38. The molecule has 0 saturated carbocycles. The predicted molar refractivity (Wildman–Crippen MR) is 131 cm³/mol. The van der Waals surface area contributed by atoms with Crippen molar-refractivity contribution < 1.29 is 19.4 Å². The van der Waals surface area contributed by atoms with E-state index in [-0.39, 0.29) is 23.4 Å².